The second-order valence-electron chi connectivity index (χ2n) is 8.01. The second-order valence-corrected chi connectivity index (χ2v) is 8.01. The summed E-state index contributed by atoms with van der Waals surface area (Å²) < 4.78 is 23.1. The van der Waals surface area contributed by atoms with Crippen LogP contribution in [0.4, 0.5) is 0 Å². The van der Waals surface area contributed by atoms with Gasteiger partial charge in [0.05, 0.1) is 48.5 Å². The van der Waals surface area contributed by atoms with E-state index < -0.39 is 0 Å². The first kappa shape index (κ1) is 27.8. The molecule has 0 fully saturated rings. The average Bonchev–Trinajstić information content (AvgIpc) is 2.64. The number of ether oxygens (including phenoxy) is 4. The van der Waals surface area contributed by atoms with Crippen LogP contribution in [0.15, 0.2) is 12.1 Å². The molecule has 29 heavy (non-hydrogen) atoms. The van der Waals surface area contributed by atoms with Crippen LogP contribution in [0, 0.1) is 0 Å². The molecule has 0 aromatic heterocycles. The minimum absolute atomic E-state index is 0. The number of carbonyl (C=O) groups is 1. The van der Waals surface area contributed by atoms with Crippen LogP contribution in [-0.4, -0.2) is 59.0 Å². The van der Waals surface area contributed by atoms with Gasteiger partial charge < -0.3 is 47.4 Å². The van der Waals surface area contributed by atoms with Crippen molar-refractivity contribution in [2.75, 3.05) is 48.5 Å². The van der Waals surface area contributed by atoms with Crippen LogP contribution in [-0.2, 0) is 4.79 Å². The van der Waals surface area contributed by atoms with Crippen LogP contribution in [0.25, 0.3) is 0 Å². The summed E-state index contributed by atoms with van der Waals surface area (Å²) in [5, 5.41) is 0. The molecule has 0 aliphatic rings. The monoisotopic (exact) mass is 523 g/mol. The second kappa shape index (κ2) is 14.7. The standard InChI is InChI=1S/C22H38NO5.HI/c1-7-8-9-12-15-27-22-19(25-5)16-18(17-20(22)26-6)28-21(24)13-10-11-14-23(2,3)4;/h16-17H,7-15H2,1-6H3;1H/q+1;/p-1. The Morgan fingerprint density at radius 3 is 2.07 bits per heavy atom. The lowest BCUT2D eigenvalue weighted by Crippen LogP contribution is -3.00. The third-order valence-corrected chi connectivity index (χ3v) is 4.37. The molecular weight excluding hydrogens is 485 g/mol. The maximum atomic E-state index is 12.2. The number of hydrogen-bond acceptors (Lipinski definition) is 5. The van der Waals surface area contributed by atoms with Gasteiger partial charge in [-0.1, -0.05) is 26.2 Å². The van der Waals surface area contributed by atoms with Crippen molar-refractivity contribution in [2.24, 2.45) is 0 Å². The van der Waals surface area contributed by atoms with E-state index in [-0.39, 0.29) is 29.9 Å². The van der Waals surface area contributed by atoms with E-state index in [2.05, 4.69) is 28.1 Å². The maximum Gasteiger partial charge on any atom is 0.311 e. The normalized spacial score (nSPS) is 10.8. The fraction of sp³-hybridized carbons (Fsp3) is 0.682. The van der Waals surface area contributed by atoms with Gasteiger partial charge in [0, 0.05) is 18.6 Å². The smallest absolute Gasteiger partial charge is 0.311 e. The predicted molar refractivity (Wildman–Crippen MR) is 112 cm³/mol. The molecule has 0 heterocycles. The molecule has 0 spiro atoms. The first-order valence-corrected chi connectivity index (χ1v) is 10.2. The molecule has 6 nitrogen and oxygen atoms in total. The van der Waals surface area contributed by atoms with Crippen molar-refractivity contribution in [3.05, 3.63) is 12.1 Å². The Labute approximate surface area is 193 Å². The molecule has 0 radical (unpaired) electrons. The molecule has 0 N–H and O–H groups in total. The number of unbranched alkanes of at least 4 members (excludes halogenated alkanes) is 4. The Morgan fingerprint density at radius 2 is 1.55 bits per heavy atom. The Morgan fingerprint density at radius 1 is 0.931 bits per heavy atom. The van der Waals surface area contributed by atoms with Crippen molar-refractivity contribution < 1.29 is 52.2 Å². The summed E-state index contributed by atoms with van der Waals surface area (Å²) in [4.78, 5) is 12.2. The largest absolute Gasteiger partial charge is 1.00 e. The number of methoxy groups -OCH3 is 2. The molecule has 0 saturated heterocycles. The van der Waals surface area contributed by atoms with Gasteiger partial charge in [0.1, 0.15) is 5.75 Å². The Balaban J connectivity index is 0.00000784. The van der Waals surface area contributed by atoms with Crippen LogP contribution in [0.5, 0.6) is 23.0 Å². The topological polar surface area (TPSA) is 54.0 Å². The molecule has 0 atom stereocenters. The minimum Gasteiger partial charge on any atom is -1.00 e. The Bertz CT molecular complexity index is 576. The molecule has 0 saturated carbocycles. The summed E-state index contributed by atoms with van der Waals surface area (Å²) in [5.41, 5.74) is 0. The number of quaternary nitrogens is 1. The molecule has 0 aliphatic heterocycles. The Kier molecular flexibility index (Phi) is 14.1. The van der Waals surface area contributed by atoms with Crippen molar-refractivity contribution in [2.45, 2.75) is 51.9 Å². The Hall–Kier alpha value is -1.22. The summed E-state index contributed by atoms with van der Waals surface area (Å²) in [6.45, 7) is 3.80. The third-order valence-electron chi connectivity index (χ3n) is 4.37. The van der Waals surface area contributed by atoms with E-state index in [1.54, 1.807) is 26.4 Å². The molecule has 0 amide bonds. The number of rotatable bonds is 14. The zero-order chi connectivity index (χ0) is 21.0. The highest BCUT2D eigenvalue weighted by Crippen LogP contribution is 2.41. The zero-order valence-corrected chi connectivity index (χ0v) is 21.0. The van der Waals surface area contributed by atoms with Crippen LogP contribution < -0.4 is 42.9 Å². The highest BCUT2D eigenvalue weighted by Gasteiger charge is 2.17. The minimum atomic E-state index is -0.251. The summed E-state index contributed by atoms with van der Waals surface area (Å²) in [6.07, 6.45) is 6.66. The molecule has 0 bridgehead atoms. The lowest BCUT2D eigenvalue weighted by atomic mass is 10.2. The molecule has 1 aromatic carbocycles. The molecule has 7 heteroatoms. The van der Waals surface area contributed by atoms with Crippen molar-refractivity contribution in [3.8, 4) is 23.0 Å². The van der Waals surface area contributed by atoms with Crippen molar-refractivity contribution in [1.29, 1.82) is 0 Å². The third kappa shape index (κ3) is 11.5. The molecule has 168 valence electrons. The number of esters is 1. The fourth-order valence-electron chi connectivity index (χ4n) is 2.80. The van der Waals surface area contributed by atoms with Gasteiger partial charge in [0.25, 0.3) is 0 Å². The summed E-state index contributed by atoms with van der Waals surface area (Å²) in [6, 6.07) is 3.35. The first-order chi connectivity index (χ1) is 13.3. The molecule has 1 aromatic rings. The average molecular weight is 523 g/mol. The lowest BCUT2D eigenvalue weighted by Gasteiger charge is -2.23. The van der Waals surface area contributed by atoms with Crippen LogP contribution in [0.2, 0.25) is 0 Å². The predicted octanol–water partition coefficient (Wildman–Crippen LogP) is 1.45. The number of halogens is 1. The molecule has 0 aliphatic carbocycles. The highest BCUT2D eigenvalue weighted by atomic mass is 127. The van der Waals surface area contributed by atoms with Gasteiger partial charge in [-0.3, -0.25) is 4.79 Å². The molecule has 1 rings (SSSR count). The van der Waals surface area contributed by atoms with E-state index >= 15 is 0 Å². The molecule has 0 unspecified atom stereocenters. The quantitative estimate of drug-likeness (QED) is 0.122. The van der Waals surface area contributed by atoms with Crippen molar-refractivity contribution in [3.63, 3.8) is 0 Å². The summed E-state index contributed by atoms with van der Waals surface area (Å²) >= 11 is 0. The SMILES string of the molecule is CCCCCCOc1c(OC)cc(OC(=O)CCCC[N+](C)(C)C)cc1OC.[I-]. The number of benzene rings is 1. The van der Waals surface area contributed by atoms with E-state index in [4.69, 9.17) is 18.9 Å². The van der Waals surface area contributed by atoms with Crippen molar-refractivity contribution in [1.82, 2.24) is 0 Å². The zero-order valence-electron chi connectivity index (χ0n) is 18.9. The number of hydrogen-bond donors (Lipinski definition) is 0. The van der Waals surface area contributed by atoms with Gasteiger partial charge in [0.15, 0.2) is 11.5 Å². The fourth-order valence-corrected chi connectivity index (χ4v) is 2.80. The van der Waals surface area contributed by atoms with E-state index in [0.29, 0.717) is 36.0 Å². The first-order valence-electron chi connectivity index (χ1n) is 10.2. The number of nitrogens with zero attached hydrogens (tertiary/aromatic N) is 1. The van der Waals surface area contributed by atoms with Gasteiger partial charge >= 0.3 is 5.97 Å². The van der Waals surface area contributed by atoms with Crippen LogP contribution in [0.1, 0.15) is 51.9 Å². The van der Waals surface area contributed by atoms with Gasteiger partial charge in [-0.05, 0) is 19.3 Å². The summed E-state index contributed by atoms with van der Waals surface area (Å²) in [7, 11) is 9.56. The van der Waals surface area contributed by atoms with Gasteiger partial charge in [-0.15, -0.1) is 0 Å². The lowest BCUT2D eigenvalue weighted by molar-refractivity contribution is -0.870. The van der Waals surface area contributed by atoms with E-state index in [9.17, 15) is 4.79 Å². The van der Waals surface area contributed by atoms with E-state index in [0.717, 1.165) is 36.7 Å². The van der Waals surface area contributed by atoms with Crippen molar-refractivity contribution >= 4 is 5.97 Å². The van der Waals surface area contributed by atoms with Gasteiger partial charge in [0.2, 0.25) is 5.75 Å². The number of carbonyl (C=O) groups excluding carboxylic acids is 1. The van der Waals surface area contributed by atoms with Crippen LogP contribution >= 0.6 is 0 Å². The summed E-state index contributed by atoms with van der Waals surface area (Å²) in [5.74, 6) is 1.71. The van der Waals surface area contributed by atoms with E-state index in [1.165, 1.54) is 12.8 Å². The van der Waals surface area contributed by atoms with Gasteiger partial charge in [-0.25, -0.2) is 0 Å². The van der Waals surface area contributed by atoms with E-state index in [1.807, 2.05) is 0 Å². The maximum absolute atomic E-state index is 12.2. The van der Waals surface area contributed by atoms with Gasteiger partial charge in [-0.2, -0.15) is 0 Å². The highest BCUT2D eigenvalue weighted by molar-refractivity contribution is 5.73. The van der Waals surface area contributed by atoms with Crippen LogP contribution in [0.3, 0.4) is 0 Å². The molecular formula is C22H38INO5.